The molecule has 4 heteroatoms. The van der Waals surface area contributed by atoms with E-state index < -0.39 is 0 Å². The maximum atomic E-state index is 11.4. The van der Waals surface area contributed by atoms with Gasteiger partial charge in [-0.3, -0.25) is 4.79 Å². The maximum Gasteiger partial charge on any atom is 0.307 e. The van der Waals surface area contributed by atoms with E-state index in [9.17, 15) is 4.79 Å². The summed E-state index contributed by atoms with van der Waals surface area (Å²) in [5.74, 6) is 0.596. The van der Waals surface area contributed by atoms with Crippen LogP contribution in [0.25, 0.3) is 0 Å². The van der Waals surface area contributed by atoms with Crippen LogP contribution in [0.15, 0.2) is 12.1 Å². The molecule has 0 spiro atoms. The van der Waals surface area contributed by atoms with Gasteiger partial charge in [-0.25, -0.2) is 0 Å². The maximum absolute atomic E-state index is 11.4. The van der Waals surface area contributed by atoms with Crippen LogP contribution >= 0.6 is 0 Å². The average Bonchev–Trinajstić information content (AvgIpc) is 2.28. The van der Waals surface area contributed by atoms with Crippen molar-refractivity contribution in [3.63, 3.8) is 0 Å². The molecule has 0 fully saturated rings. The average molecular weight is 251 g/mol. The molecule has 0 radical (unpaired) electrons. The Kier molecular flexibility index (Phi) is 5.16. The van der Waals surface area contributed by atoms with Crippen molar-refractivity contribution in [3.8, 4) is 5.75 Å². The highest BCUT2D eigenvalue weighted by molar-refractivity contribution is 5.70. The van der Waals surface area contributed by atoms with Gasteiger partial charge in [-0.05, 0) is 37.5 Å². The van der Waals surface area contributed by atoms with Gasteiger partial charge in [0.2, 0.25) is 0 Å². The molecular formula is C14H21NO3. The number of methoxy groups -OCH3 is 1. The van der Waals surface area contributed by atoms with E-state index in [4.69, 9.17) is 15.2 Å². The molecule has 0 aliphatic carbocycles. The minimum atomic E-state index is -0.340. The molecule has 2 N–H and O–H groups in total. The number of ether oxygens (including phenoxy) is 2. The molecule has 0 aliphatic rings. The second kappa shape index (κ2) is 6.40. The molecule has 0 aromatic heterocycles. The first kappa shape index (κ1) is 14.5. The number of aryl methyl sites for hydroxylation is 2. The number of nitrogens with two attached hydrogens (primary N) is 1. The number of esters is 1. The van der Waals surface area contributed by atoms with Crippen LogP contribution in [-0.4, -0.2) is 19.7 Å². The van der Waals surface area contributed by atoms with Crippen LogP contribution in [0.1, 0.15) is 36.1 Å². The number of benzene rings is 1. The molecular weight excluding hydrogens is 230 g/mol. The fraction of sp³-hybridized carbons (Fsp3) is 0.500. The Balaban J connectivity index is 2.87. The van der Waals surface area contributed by atoms with Crippen molar-refractivity contribution >= 4 is 5.97 Å². The predicted octanol–water partition coefficient (Wildman–Crippen LogP) is 2.27. The van der Waals surface area contributed by atoms with Crippen LogP contribution in [-0.2, 0) is 9.53 Å². The van der Waals surface area contributed by atoms with Crippen LogP contribution in [0.3, 0.4) is 0 Å². The third-order valence-electron chi connectivity index (χ3n) is 2.81. The third-order valence-corrected chi connectivity index (χ3v) is 2.81. The van der Waals surface area contributed by atoms with E-state index in [0.717, 1.165) is 22.4 Å². The van der Waals surface area contributed by atoms with E-state index in [1.165, 1.54) is 0 Å². The van der Waals surface area contributed by atoms with Gasteiger partial charge in [-0.2, -0.15) is 0 Å². The van der Waals surface area contributed by atoms with E-state index in [0.29, 0.717) is 6.61 Å². The van der Waals surface area contributed by atoms with E-state index in [1.54, 1.807) is 14.0 Å². The molecule has 1 aromatic rings. The first-order valence-corrected chi connectivity index (χ1v) is 6.05. The minimum absolute atomic E-state index is 0.194. The standard InChI is InChI=1S/C14H21NO3/c1-5-18-13(16)8-12(15)11-6-9(2)14(17-4)10(3)7-11/h6-7,12H,5,8,15H2,1-4H3/t12-/m0/s1. The lowest BCUT2D eigenvalue weighted by Gasteiger charge is -2.15. The fourth-order valence-corrected chi connectivity index (χ4v) is 2.04. The molecule has 4 nitrogen and oxygen atoms in total. The topological polar surface area (TPSA) is 61.5 Å². The smallest absolute Gasteiger partial charge is 0.307 e. The van der Waals surface area contributed by atoms with Crippen molar-refractivity contribution in [1.29, 1.82) is 0 Å². The molecule has 0 saturated heterocycles. The SMILES string of the molecule is CCOC(=O)C[C@H](N)c1cc(C)c(OC)c(C)c1. The van der Waals surface area contributed by atoms with Gasteiger partial charge in [-0.1, -0.05) is 12.1 Å². The van der Waals surface area contributed by atoms with Gasteiger partial charge < -0.3 is 15.2 Å². The van der Waals surface area contributed by atoms with Gasteiger partial charge >= 0.3 is 5.97 Å². The fourth-order valence-electron chi connectivity index (χ4n) is 2.04. The Morgan fingerprint density at radius 2 is 1.89 bits per heavy atom. The molecule has 0 bridgehead atoms. The van der Waals surface area contributed by atoms with Gasteiger partial charge in [0.1, 0.15) is 5.75 Å². The molecule has 0 heterocycles. The molecule has 100 valence electrons. The van der Waals surface area contributed by atoms with Crippen LogP contribution in [0.2, 0.25) is 0 Å². The highest BCUT2D eigenvalue weighted by atomic mass is 16.5. The molecule has 1 aromatic carbocycles. The highest BCUT2D eigenvalue weighted by Gasteiger charge is 2.15. The van der Waals surface area contributed by atoms with Crippen molar-refractivity contribution in [2.75, 3.05) is 13.7 Å². The predicted molar refractivity (Wildman–Crippen MR) is 70.6 cm³/mol. The Bertz CT molecular complexity index is 406. The summed E-state index contributed by atoms with van der Waals surface area (Å²) in [5.41, 5.74) is 8.98. The first-order chi connectivity index (χ1) is 8.49. The number of hydrogen-bond donors (Lipinski definition) is 1. The van der Waals surface area contributed by atoms with Crippen molar-refractivity contribution in [1.82, 2.24) is 0 Å². The van der Waals surface area contributed by atoms with E-state index in [-0.39, 0.29) is 18.4 Å². The third kappa shape index (κ3) is 3.47. The quantitative estimate of drug-likeness (QED) is 0.815. The summed E-state index contributed by atoms with van der Waals surface area (Å²) in [5, 5.41) is 0. The molecule has 1 rings (SSSR count). The molecule has 0 saturated carbocycles. The van der Waals surface area contributed by atoms with Gasteiger partial charge in [-0.15, -0.1) is 0 Å². The summed E-state index contributed by atoms with van der Waals surface area (Å²) < 4.78 is 10.2. The number of carbonyl (C=O) groups excluding carboxylic acids is 1. The molecule has 0 aliphatic heterocycles. The molecule has 0 unspecified atom stereocenters. The summed E-state index contributed by atoms with van der Waals surface area (Å²) in [6.45, 7) is 6.09. The van der Waals surface area contributed by atoms with Crippen LogP contribution in [0.4, 0.5) is 0 Å². The van der Waals surface area contributed by atoms with Crippen LogP contribution in [0.5, 0.6) is 5.75 Å². The summed E-state index contributed by atoms with van der Waals surface area (Å²) in [7, 11) is 1.65. The summed E-state index contributed by atoms with van der Waals surface area (Å²) in [6, 6.07) is 3.57. The lowest BCUT2D eigenvalue weighted by molar-refractivity contribution is -0.143. The Hall–Kier alpha value is -1.55. The van der Waals surface area contributed by atoms with Crippen molar-refractivity contribution in [2.24, 2.45) is 5.73 Å². The van der Waals surface area contributed by atoms with Crippen molar-refractivity contribution in [2.45, 2.75) is 33.2 Å². The summed E-state index contributed by atoms with van der Waals surface area (Å²) in [4.78, 5) is 11.4. The first-order valence-electron chi connectivity index (χ1n) is 6.05. The van der Waals surface area contributed by atoms with E-state index in [1.807, 2.05) is 26.0 Å². The second-order valence-corrected chi connectivity index (χ2v) is 4.30. The van der Waals surface area contributed by atoms with Crippen LogP contribution < -0.4 is 10.5 Å². The monoisotopic (exact) mass is 251 g/mol. The number of hydrogen-bond acceptors (Lipinski definition) is 4. The lowest BCUT2D eigenvalue weighted by Crippen LogP contribution is -2.17. The van der Waals surface area contributed by atoms with E-state index >= 15 is 0 Å². The van der Waals surface area contributed by atoms with Gasteiger partial charge in [0.05, 0.1) is 20.1 Å². The number of rotatable bonds is 5. The largest absolute Gasteiger partial charge is 0.496 e. The van der Waals surface area contributed by atoms with Crippen LogP contribution in [0, 0.1) is 13.8 Å². The number of carbonyl (C=O) groups is 1. The summed E-state index contributed by atoms with van der Waals surface area (Å²) in [6.07, 6.45) is 0.194. The normalized spacial score (nSPS) is 12.1. The zero-order valence-electron chi connectivity index (χ0n) is 11.4. The highest BCUT2D eigenvalue weighted by Crippen LogP contribution is 2.27. The van der Waals surface area contributed by atoms with Crippen molar-refractivity contribution < 1.29 is 14.3 Å². The van der Waals surface area contributed by atoms with Gasteiger partial charge in [0.25, 0.3) is 0 Å². The molecule has 18 heavy (non-hydrogen) atoms. The zero-order chi connectivity index (χ0) is 13.7. The molecule has 0 amide bonds. The Morgan fingerprint density at radius 3 is 2.33 bits per heavy atom. The van der Waals surface area contributed by atoms with Gasteiger partial charge in [0, 0.05) is 6.04 Å². The van der Waals surface area contributed by atoms with Crippen molar-refractivity contribution in [3.05, 3.63) is 28.8 Å². The lowest BCUT2D eigenvalue weighted by atomic mass is 9.99. The summed E-state index contributed by atoms with van der Waals surface area (Å²) >= 11 is 0. The zero-order valence-corrected chi connectivity index (χ0v) is 11.4. The van der Waals surface area contributed by atoms with E-state index in [2.05, 4.69) is 0 Å². The Labute approximate surface area is 108 Å². The Morgan fingerprint density at radius 1 is 1.33 bits per heavy atom. The van der Waals surface area contributed by atoms with Gasteiger partial charge in [0.15, 0.2) is 0 Å². The molecule has 1 atom stereocenters. The second-order valence-electron chi connectivity index (χ2n) is 4.30. The minimum Gasteiger partial charge on any atom is -0.496 e.